The van der Waals surface area contributed by atoms with E-state index in [4.69, 9.17) is 5.73 Å². The van der Waals surface area contributed by atoms with Gasteiger partial charge in [0.1, 0.15) is 0 Å². The highest BCUT2D eigenvalue weighted by Gasteiger charge is 2.06. The minimum absolute atomic E-state index is 0.400. The molecule has 2 rings (SSSR count). The molecule has 0 aromatic heterocycles. The van der Waals surface area contributed by atoms with Crippen molar-refractivity contribution in [1.29, 1.82) is 0 Å². The molecule has 3 N–H and O–H groups in total. The second-order valence-corrected chi connectivity index (χ2v) is 5.19. The number of nitrogens with two attached hydrogens (primary N) is 1. The van der Waals surface area contributed by atoms with Gasteiger partial charge in [0.25, 0.3) is 0 Å². The van der Waals surface area contributed by atoms with Crippen molar-refractivity contribution in [1.82, 2.24) is 0 Å². The van der Waals surface area contributed by atoms with Gasteiger partial charge in [0.15, 0.2) is 0 Å². The molecule has 2 aromatic carbocycles. The fraction of sp³-hybridized carbons (Fsp3) is 0.133. The molecule has 98 valence electrons. The zero-order chi connectivity index (χ0) is 13.8. The molecule has 1 amide bonds. The van der Waals surface area contributed by atoms with Gasteiger partial charge < -0.3 is 11.1 Å². The lowest BCUT2D eigenvalue weighted by Gasteiger charge is -2.10. The smallest absolute Gasteiger partial charge is 0.249 e. The quantitative estimate of drug-likeness (QED) is 0.906. The molecule has 0 spiro atoms. The summed E-state index contributed by atoms with van der Waals surface area (Å²) in [6, 6.07) is 13.4. The summed E-state index contributed by atoms with van der Waals surface area (Å²) in [6.45, 7) is 2.60. The van der Waals surface area contributed by atoms with Crippen molar-refractivity contribution in [3.63, 3.8) is 0 Å². The first kappa shape index (κ1) is 13.6. The largest absolute Gasteiger partial charge is 0.381 e. The number of hydrogen-bond donors (Lipinski definition) is 2. The Bertz CT molecular complexity index is 611. The van der Waals surface area contributed by atoms with Crippen LogP contribution in [0.25, 0.3) is 0 Å². The number of rotatable bonds is 4. The third-order valence-corrected chi connectivity index (χ3v) is 3.79. The monoisotopic (exact) mass is 318 g/mol. The lowest BCUT2D eigenvalue weighted by molar-refractivity contribution is 0.0999. The second kappa shape index (κ2) is 5.89. The number of benzene rings is 2. The maximum atomic E-state index is 11.3. The fourth-order valence-electron chi connectivity index (χ4n) is 1.81. The van der Waals surface area contributed by atoms with Crippen molar-refractivity contribution in [2.75, 3.05) is 5.32 Å². The van der Waals surface area contributed by atoms with Crippen molar-refractivity contribution in [3.05, 3.63) is 63.6 Å². The Hall–Kier alpha value is -1.81. The number of hydrogen-bond acceptors (Lipinski definition) is 2. The van der Waals surface area contributed by atoms with Crippen molar-refractivity contribution in [2.45, 2.75) is 13.5 Å². The number of primary amides is 1. The molecule has 0 heterocycles. The fourth-order valence-corrected chi connectivity index (χ4v) is 2.19. The van der Waals surface area contributed by atoms with E-state index in [1.165, 1.54) is 5.56 Å². The van der Waals surface area contributed by atoms with Gasteiger partial charge in [0.05, 0.1) is 0 Å². The van der Waals surface area contributed by atoms with Crippen LogP contribution in [0.5, 0.6) is 0 Å². The molecule has 0 fully saturated rings. The summed E-state index contributed by atoms with van der Waals surface area (Å²) in [6.07, 6.45) is 0. The summed E-state index contributed by atoms with van der Waals surface area (Å²) in [5, 5.41) is 3.29. The van der Waals surface area contributed by atoms with Crippen LogP contribution >= 0.6 is 15.9 Å². The first-order chi connectivity index (χ1) is 9.08. The van der Waals surface area contributed by atoms with Crippen LogP contribution in [-0.4, -0.2) is 5.91 Å². The predicted molar refractivity (Wildman–Crippen MR) is 81.2 cm³/mol. The first-order valence-electron chi connectivity index (χ1n) is 5.95. The molecule has 0 saturated heterocycles. The molecule has 0 aliphatic heterocycles. The summed E-state index contributed by atoms with van der Waals surface area (Å²) in [5.41, 5.74) is 8.99. The molecule has 0 atom stereocenters. The Morgan fingerprint density at radius 2 is 2.00 bits per heavy atom. The Balaban J connectivity index is 2.14. The van der Waals surface area contributed by atoms with Crippen LogP contribution in [-0.2, 0) is 6.54 Å². The van der Waals surface area contributed by atoms with E-state index >= 15 is 0 Å². The normalized spacial score (nSPS) is 10.2. The van der Waals surface area contributed by atoms with Crippen LogP contribution in [0, 0.1) is 6.92 Å². The average Bonchev–Trinajstić information content (AvgIpc) is 2.40. The third kappa shape index (κ3) is 3.35. The van der Waals surface area contributed by atoms with Crippen molar-refractivity contribution in [2.24, 2.45) is 5.73 Å². The molecule has 4 heteroatoms. The van der Waals surface area contributed by atoms with E-state index in [1.54, 1.807) is 6.07 Å². The Morgan fingerprint density at radius 3 is 2.68 bits per heavy atom. The highest BCUT2D eigenvalue weighted by molar-refractivity contribution is 9.10. The van der Waals surface area contributed by atoms with Crippen LogP contribution in [0.3, 0.4) is 0 Å². The lowest BCUT2D eigenvalue weighted by atomic mass is 10.1. The van der Waals surface area contributed by atoms with Gasteiger partial charge in [0, 0.05) is 22.3 Å². The summed E-state index contributed by atoms with van der Waals surface area (Å²) in [4.78, 5) is 11.3. The SMILES string of the molecule is Cc1ccc(NCc2ccccc2C(N)=O)cc1Br. The number of carbonyl (C=O) groups is 1. The number of nitrogens with one attached hydrogen (secondary N) is 1. The van der Waals surface area contributed by atoms with Gasteiger partial charge in [-0.1, -0.05) is 40.2 Å². The summed E-state index contributed by atoms with van der Waals surface area (Å²) >= 11 is 3.50. The van der Waals surface area contributed by atoms with Crippen LogP contribution in [0.1, 0.15) is 21.5 Å². The van der Waals surface area contributed by atoms with Crippen LogP contribution < -0.4 is 11.1 Å². The van der Waals surface area contributed by atoms with Gasteiger partial charge in [-0.05, 0) is 36.2 Å². The third-order valence-electron chi connectivity index (χ3n) is 2.94. The highest BCUT2D eigenvalue weighted by atomic mass is 79.9. The summed E-state index contributed by atoms with van der Waals surface area (Å²) in [7, 11) is 0. The van der Waals surface area contributed by atoms with Gasteiger partial charge in [-0.15, -0.1) is 0 Å². The topological polar surface area (TPSA) is 55.1 Å². The molecule has 0 saturated carbocycles. The number of halogens is 1. The van der Waals surface area contributed by atoms with E-state index in [9.17, 15) is 4.79 Å². The molecule has 0 unspecified atom stereocenters. The molecule has 0 aliphatic rings. The van der Waals surface area contributed by atoms with E-state index < -0.39 is 5.91 Å². The minimum Gasteiger partial charge on any atom is -0.381 e. The van der Waals surface area contributed by atoms with Gasteiger partial charge in [-0.3, -0.25) is 4.79 Å². The zero-order valence-electron chi connectivity index (χ0n) is 10.6. The van der Waals surface area contributed by atoms with Crippen molar-refractivity contribution in [3.8, 4) is 0 Å². The van der Waals surface area contributed by atoms with Gasteiger partial charge in [-0.2, -0.15) is 0 Å². The Kier molecular flexibility index (Phi) is 4.22. The van der Waals surface area contributed by atoms with Gasteiger partial charge >= 0.3 is 0 Å². The molecular formula is C15H15BrN2O. The minimum atomic E-state index is -0.400. The summed E-state index contributed by atoms with van der Waals surface area (Å²) < 4.78 is 1.06. The van der Waals surface area contributed by atoms with Crippen molar-refractivity contribution >= 4 is 27.5 Å². The molecule has 0 aliphatic carbocycles. The zero-order valence-corrected chi connectivity index (χ0v) is 12.2. The predicted octanol–water partition coefficient (Wildman–Crippen LogP) is 3.47. The van der Waals surface area contributed by atoms with Crippen LogP contribution in [0.15, 0.2) is 46.9 Å². The van der Waals surface area contributed by atoms with E-state index in [-0.39, 0.29) is 0 Å². The number of aryl methyl sites for hydroxylation is 1. The van der Waals surface area contributed by atoms with Gasteiger partial charge in [-0.25, -0.2) is 0 Å². The Morgan fingerprint density at radius 1 is 1.26 bits per heavy atom. The molecule has 0 bridgehead atoms. The number of carbonyl (C=O) groups excluding carboxylic acids is 1. The molecule has 3 nitrogen and oxygen atoms in total. The Labute approximate surface area is 121 Å². The average molecular weight is 319 g/mol. The van der Waals surface area contributed by atoms with Crippen LogP contribution in [0.4, 0.5) is 5.69 Å². The van der Waals surface area contributed by atoms with E-state index in [2.05, 4.69) is 21.2 Å². The van der Waals surface area contributed by atoms with Gasteiger partial charge in [0.2, 0.25) is 5.91 Å². The maximum absolute atomic E-state index is 11.3. The second-order valence-electron chi connectivity index (χ2n) is 4.34. The summed E-state index contributed by atoms with van der Waals surface area (Å²) in [5.74, 6) is -0.400. The van der Waals surface area contributed by atoms with Crippen molar-refractivity contribution < 1.29 is 4.79 Å². The van der Waals surface area contributed by atoms with E-state index in [0.29, 0.717) is 12.1 Å². The lowest BCUT2D eigenvalue weighted by Crippen LogP contribution is -2.15. The first-order valence-corrected chi connectivity index (χ1v) is 6.75. The standard InChI is InChI=1S/C15H15BrN2O/c1-10-6-7-12(8-14(10)16)18-9-11-4-2-3-5-13(11)15(17)19/h2-8,18H,9H2,1H3,(H2,17,19). The highest BCUT2D eigenvalue weighted by Crippen LogP contribution is 2.21. The van der Waals surface area contributed by atoms with E-state index in [1.807, 2.05) is 43.3 Å². The maximum Gasteiger partial charge on any atom is 0.249 e. The van der Waals surface area contributed by atoms with E-state index in [0.717, 1.165) is 15.7 Å². The molecule has 0 radical (unpaired) electrons. The van der Waals surface area contributed by atoms with Crippen LogP contribution in [0.2, 0.25) is 0 Å². The number of anilines is 1. The molecule has 2 aromatic rings. The molecule has 19 heavy (non-hydrogen) atoms. The number of amides is 1. The molecular weight excluding hydrogens is 304 g/mol.